The van der Waals surface area contributed by atoms with Crippen molar-refractivity contribution in [2.45, 2.75) is 13.1 Å². The average Bonchev–Trinajstić information content (AvgIpc) is 2.34. The summed E-state index contributed by atoms with van der Waals surface area (Å²) in [6.45, 7) is 1.53. The van der Waals surface area contributed by atoms with Gasteiger partial charge in [-0.15, -0.1) is 0 Å². The van der Waals surface area contributed by atoms with Crippen LogP contribution in [0.1, 0.15) is 11.1 Å². The molecule has 2 rings (SSSR count). The molecule has 2 aromatic carbocycles. The molecule has 0 atom stereocenters. The Morgan fingerprint density at radius 3 is 2.50 bits per heavy atom. The van der Waals surface area contributed by atoms with Gasteiger partial charge in [0.2, 0.25) is 0 Å². The van der Waals surface area contributed by atoms with E-state index in [0.717, 1.165) is 33.2 Å². The summed E-state index contributed by atoms with van der Waals surface area (Å²) in [7, 11) is 0. The van der Waals surface area contributed by atoms with Crippen LogP contribution < -0.4 is 5.32 Å². The molecule has 0 heterocycles. The van der Waals surface area contributed by atoms with E-state index in [4.69, 9.17) is 23.2 Å². The van der Waals surface area contributed by atoms with E-state index in [9.17, 15) is 0 Å². The van der Waals surface area contributed by atoms with Crippen molar-refractivity contribution in [3.63, 3.8) is 0 Å². The summed E-state index contributed by atoms with van der Waals surface area (Å²) < 4.78 is 1.06. The van der Waals surface area contributed by atoms with Gasteiger partial charge in [-0.05, 0) is 41.5 Å². The fourth-order valence-corrected chi connectivity index (χ4v) is 2.46. The third-order valence-corrected chi connectivity index (χ3v) is 3.79. The molecule has 0 saturated heterocycles. The molecular formula is C14H12BrCl2N. The summed E-state index contributed by atoms with van der Waals surface area (Å²) in [5.41, 5.74) is 2.31. The molecule has 1 N–H and O–H groups in total. The second-order valence-electron chi connectivity index (χ2n) is 3.97. The minimum Gasteiger partial charge on any atom is -0.309 e. The molecule has 18 heavy (non-hydrogen) atoms. The summed E-state index contributed by atoms with van der Waals surface area (Å²) in [6, 6.07) is 13.6. The largest absolute Gasteiger partial charge is 0.309 e. The second kappa shape index (κ2) is 6.58. The van der Waals surface area contributed by atoms with Crippen molar-refractivity contribution < 1.29 is 0 Å². The van der Waals surface area contributed by atoms with Crippen LogP contribution in [0.5, 0.6) is 0 Å². The third-order valence-electron chi connectivity index (χ3n) is 2.54. The molecule has 0 saturated carbocycles. The molecule has 4 heteroatoms. The predicted molar refractivity (Wildman–Crippen MR) is 81.1 cm³/mol. The van der Waals surface area contributed by atoms with Crippen molar-refractivity contribution in [2.24, 2.45) is 0 Å². The highest BCUT2D eigenvalue weighted by molar-refractivity contribution is 9.10. The van der Waals surface area contributed by atoms with Crippen LogP contribution in [0.25, 0.3) is 0 Å². The van der Waals surface area contributed by atoms with Gasteiger partial charge in [0.15, 0.2) is 0 Å². The van der Waals surface area contributed by atoms with Gasteiger partial charge in [-0.3, -0.25) is 0 Å². The molecule has 0 radical (unpaired) electrons. The Morgan fingerprint density at radius 2 is 1.72 bits per heavy atom. The maximum atomic E-state index is 5.97. The molecule has 0 unspecified atom stereocenters. The molecule has 0 aliphatic rings. The third kappa shape index (κ3) is 3.99. The number of hydrogen-bond donors (Lipinski definition) is 1. The lowest BCUT2D eigenvalue weighted by molar-refractivity contribution is 0.691. The standard InChI is InChI=1S/C14H12BrCl2N/c15-14-5-4-13(17)7-11(14)9-18-8-10-2-1-3-12(16)6-10/h1-7,18H,8-9H2. The topological polar surface area (TPSA) is 12.0 Å². The first kappa shape index (κ1) is 13.9. The lowest BCUT2D eigenvalue weighted by atomic mass is 10.2. The molecular weight excluding hydrogens is 333 g/mol. The van der Waals surface area contributed by atoms with Crippen molar-refractivity contribution in [2.75, 3.05) is 0 Å². The monoisotopic (exact) mass is 343 g/mol. The van der Waals surface area contributed by atoms with E-state index >= 15 is 0 Å². The Kier molecular flexibility index (Phi) is 5.07. The van der Waals surface area contributed by atoms with Crippen LogP contribution in [0, 0.1) is 0 Å². The van der Waals surface area contributed by atoms with E-state index in [1.54, 1.807) is 0 Å². The first-order valence-corrected chi connectivity index (χ1v) is 7.09. The number of hydrogen-bond acceptors (Lipinski definition) is 1. The zero-order valence-electron chi connectivity index (χ0n) is 9.59. The smallest absolute Gasteiger partial charge is 0.0410 e. The first-order chi connectivity index (χ1) is 8.65. The lowest BCUT2D eigenvalue weighted by Gasteiger charge is -2.08. The van der Waals surface area contributed by atoms with Crippen molar-refractivity contribution in [1.29, 1.82) is 0 Å². The van der Waals surface area contributed by atoms with Crippen molar-refractivity contribution in [1.82, 2.24) is 5.32 Å². The van der Waals surface area contributed by atoms with Gasteiger partial charge in [-0.2, -0.15) is 0 Å². The summed E-state index contributed by atoms with van der Waals surface area (Å²) in [4.78, 5) is 0. The van der Waals surface area contributed by atoms with E-state index in [0.29, 0.717) is 0 Å². The normalized spacial score (nSPS) is 10.6. The molecule has 2 aromatic rings. The van der Waals surface area contributed by atoms with E-state index < -0.39 is 0 Å². The molecule has 0 bridgehead atoms. The SMILES string of the molecule is Clc1cccc(CNCc2cc(Cl)ccc2Br)c1. The van der Waals surface area contributed by atoms with Gasteiger partial charge in [0.05, 0.1) is 0 Å². The molecule has 0 amide bonds. The average molecular weight is 345 g/mol. The zero-order valence-corrected chi connectivity index (χ0v) is 12.7. The minimum absolute atomic E-state index is 0.748. The predicted octanol–water partition coefficient (Wildman–Crippen LogP) is 5.05. The maximum absolute atomic E-state index is 5.97. The van der Waals surface area contributed by atoms with E-state index in [2.05, 4.69) is 21.2 Å². The first-order valence-electron chi connectivity index (χ1n) is 5.54. The molecule has 1 nitrogen and oxygen atoms in total. The number of benzene rings is 2. The summed E-state index contributed by atoms with van der Waals surface area (Å²) in [5, 5.41) is 4.88. The van der Waals surface area contributed by atoms with E-state index in [1.165, 1.54) is 5.56 Å². The summed E-state index contributed by atoms with van der Waals surface area (Å²) in [5.74, 6) is 0. The zero-order chi connectivity index (χ0) is 13.0. The molecule has 0 aromatic heterocycles. The highest BCUT2D eigenvalue weighted by Crippen LogP contribution is 2.21. The van der Waals surface area contributed by atoms with Gasteiger partial charge in [0.1, 0.15) is 0 Å². The fourth-order valence-electron chi connectivity index (χ4n) is 1.67. The molecule has 0 spiro atoms. The van der Waals surface area contributed by atoms with Crippen LogP contribution in [0.3, 0.4) is 0 Å². The van der Waals surface area contributed by atoms with Crippen LogP contribution >= 0.6 is 39.1 Å². The van der Waals surface area contributed by atoms with Gasteiger partial charge in [0, 0.05) is 27.6 Å². The Balaban J connectivity index is 1.94. The lowest BCUT2D eigenvalue weighted by Crippen LogP contribution is -2.13. The summed E-state index contributed by atoms with van der Waals surface area (Å²) >= 11 is 15.4. The van der Waals surface area contributed by atoms with Crippen LogP contribution in [-0.2, 0) is 13.1 Å². The molecule has 94 valence electrons. The van der Waals surface area contributed by atoms with Crippen LogP contribution in [0.15, 0.2) is 46.9 Å². The number of halogens is 3. The fraction of sp³-hybridized carbons (Fsp3) is 0.143. The maximum Gasteiger partial charge on any atom is 0.0410 e. The Labute approximate surface area is 125 Å². The highest BCUT2D eigenvalue weighted by Gasteiger charge is 2.01. The molecule has 0 aliphatic carbocycles. The summed E-state index contributed by atoms with van der Waals surface area (Å²) in [6.07, 6.45) is 0. The Morgan fingerprint density at radius 1 is 0.944 bits per heavy atom. The van der Waals surface area contributed by atoms with Crippen LogP contribution in [-0.4, -0.2) is 0 Å². The second-order valence-corrected chi connectivity index (χ2v) is 5.70. The van der Waals surface area contributed by atoms with Crippen molar-refractivity contribution in [3.8, 4) is 0 Å². The van der Waals surface area contributed by atoms with Gasteiger partial charge in [0.25, 0.3) is 0 Å². The van der Waals surface area contributed by atoms with Gasteiger partial charge >= 0.3 is 0 Å². The highest BCUT2D eigenvalue weighted by atomic mass is 79.9. The Bertz CT molecular complexity index is 543. The quantitative estimate of drug-likeness (QED) is 0.818. The van der Waals surface area contributed by atoms with E-state index in [1.807, 2.05) is 42.5 Å². The number of nitrogens with one attached hydrogen (secondary N) is 1. The van der Waals surface area contributed by atoms with Crippen LogP contribution in [0.4, 0.5) is 0 Å². The van der Waals surface area contributed by atoms with Gasteiger partial charge in [-0.1, -0.05) is 51.3 Å². The minimum atomic E-state index is 0.748. The van der Waals surface area contributed by atoms with Crippen LogP contribution in [0.2, 0.25) is 10.0 Å². The molecule has 0 aliphatic heterocycles. The van der Waals surface area contributed by atoms with E-state index in [-0.39, 0.29) is 0 Å². The Hall–Kier alpha value is -0.540. The van der Waals surface area contributed by atoms with Crippen molar-refractivity contribution >= 4 is 39.1 Å². The van der Waals surface area contributed by atoms with Gasteiger partial charge in [-0.25, -0.2) is 0 Å². The van der Waals surface area contributed by atoms with Gasteiger partial charge < -0.3 is 5.32 Å². The molecule has 0 fully saturated rings. The van der Waals surface area contributed by atoms with Crippen molar-refractivity contribution in [3.05, 3.63) is 68.1 Å². The number of rotatable bonds is 4.